The van der Waals surface area contributed by atoms with Gasteiger partial charge in [0.25, 0.3) is 0 Å². The largest absolute Gasteiger partial charge is 0.396 e. The van der Waals surface area contributed by atoms with E-state index in [1.54, 1.807) is 31.2 Å². The molecule has 0 aliphatic heterocycles. The zero-order chi connectivity index (χ0) is 17.6. The van der Waals surface area contributed by atoms with Crippen LogP contribution in [0.2, 0.25) is 0 Å². The molecule has 0 spiro atoms. The van der Waals surface area contributed by atoms with Crippen molar-refractivity contribution in [3.63, 3.8) is 0 Å². The quantitative estimate of drug-likeness (QED) is 0.599. The van der Waals surface area contributed by atoms with E-state index in [1.807, 2.05) is 36.4 Å². The fraction of sp³-hybridized carbons (Fsp3) is 0.400. The maximum Gasteiger partial charge on any atom is 0.0968 e. The Balaban J connectivity index is 2.12. The van der Waals surface area contributed by atoms with Crippen LogP contribution in [0.15, 0.2) is 60.7 Å². The van der Waals surface area contributed by atoms with E-state index in [0.29, 0.717) is 5.56 Å². The minimum atomic E-state index is -1.36. The van der Waals surface area contributed by atoms with Crippen LogP contribution in [-0.2, 0) is 5.60 Å². The van der Waals surface area contributed by atoms with Crippen molar-refractivity contribution in [1.29, 1.82) is 0 Å². The lowest BCUT2D eigenvalue weighted by Gasteiger charge is -2.36. The highest BCUT2D eigenvalue weighted by Gasteiger charge is 2.37. The summed E-state index contributed by atoms with van der Waals surface area (Å²) < 4.78 is 0. The van der Waals surface area contributed by atoms with Gasteiger partial charge >= 0.3 is 0 Å². The Morgan fingerprint density at radius 3 is 2.00 bits per heavy atom. The van der Waals surface area contributed by atoms with Gasteiger partial charge in [-0.2, -0.15) is 0 Å². The van der Waals surface area contributed by atoms with Gasteiger partial charge in [0.2, 0.25) is 0 Å². The molecule has 2 rings (SSSR count). The SMILES string of the molecule is CC(CO)C(O)(CC(O)CC(O)c1ccccc1)c1ccccc1. The molecule has 24 heavy (non-hydrogen) atoms. The van der Waals surface area contributed by atoms with Crippen molar-refractivity contribution < 1.29 is 20.4 Å². The van der Waals surface area contributed by atoms with Gasteiger partial charge in [-0.05, 0) is 11.1 Å². The summed E-state index contributed by atoms with van der Waals surface area (Å²) in [5.41, 5.74) is 0.0288. The van der Waals surface area contributed by atoms with Gasteiger partial charge in [-0.15, -0.1) is 0 Å². The molecule has 4 N–H and O–H groups in total. The number of aliphatic hydroxyl groups excluding tert-OH is 3. The number of aliphatic hydroxyl groups is 4. The summed E-state index contributed by atoms with van der Waals surface area (Å²) in [5, 5.41) is 41.3. The summed E-state index contributed by atoms with van der Waals surface area (Å²) >= 11 is 0. The maximum atomic E-state index is 11.1. The van der Waals surface area contributed by atoms with Crippen LogP contribution in [0.3, 0.4) is 0 Å². The molecule has 0 saturated carbocycles. The highest BCUT2D eigenvalue weighted by atomic mass is 16.3. The predicted octanol–water partition coefficient (Wildman–Crippen LogP) is 2.38. The topological polar surface area (TPSA) is 80.9 Å². The normalized spacial score (nSPS) is 17.7. The van der Waals surface area contributed by atoms with E-state index in [2.05, 4.69) is 0 Å². The molecule has 4 nitrogen and oxygen atoms in total. The molecule has 0 aromatic heterocycles. The second-order valence-corrected chi connectivity index (χ2v) is 6.39. The first kappa shape index (κ1) is 18.6. The Labute approximate surface area is 143 Å². The fourth-order valence-corrected chi connectivity index (χ4v) is 2.99. The Morgan fingerprint density at radius 2 is 1.46 bits per heavy atom. The van der Waals surface area contributed by atoms with Gasteiger partial charge in [0.1, 0.15) is 0 Å². The van der Waals surface area contributed by atoms with Crippen molar-refractivity contribution in [2.45, 2.75) is 37.6 Å². The number of hydrogen-bond acceptors (Lipinski definition) is 4. The van der Waals surface area contributed by atoms with Gasteiger partial charge < -0.3 is 20.4 Å². The monoisotopic (exact) mass is 330 g/mol. The first-order valence-corrected chi connectivity index (χ1v) is 8.27. The first-order chi connectivity index (χ1) is 11.5. The van der Waals surface area contributed by atoms with E-state index in [4.69, 9.17) is 0 Å². The van der Waals surface area contributed by atoms with Crippen LogP contribution in [0.1, 0.15) is 37.0 Å². The average Bonchev–Trinajstić information content (AvgIpc) is 2.62. The Morgan fingerprint density at radius 1 is 0.917 bits per heavy atom. The average molecular weight is 330 g/mol. The lowest BCUT2D eigenvalue weighted by molar-refractivity contribution is -0.0779. The molecule has 0 aliphatic carbocycles. The van der Waals surface area contributed by atoms with Gasteiger partial charge in [-0.1, -0.05) is 67.6 Å². The molecule has 2 aromatic carbocycles. The van der Waals surface area contributed by atoms with Crippen LogP contribution < -0.4 is 0 Å². The van der Waals surface area contributed by atoms with Crippen LogP contribution in [-0.4, -0.2) is 33.1 Å². The molecule has 0 heterocycles. The molecule has 0 aliphatic rings. The van der Waals surface area contributed by atoms with E-state index in [9.17, 15) is 20.4 Å². The molecular formula is C20H26O4. The zero-order valence-electron chi connectivity index (χ0n) is 13.9. The second kappa shape index (κ2) is 8.40. The predicted molar refractivity (Wildman–Crippen MR) is 93.2 cm³/mol. The van der Waals surface area contributed by atoms with Crippen LogP contribution in [0.5, 0.6) is 0 Å². The molecular weight excluding hydrogens is 304 g/mol. The first-order valence-electron chi connectivity index (χ1n) is 8.27. The summed E-state index contributed by atoms with van der Waals surface area (Å²) in [6, 6.07) is 18.2. The minimum absolute atomic E-state index is 0.0443. The van der Waals surface area contributed by atoms with Crippen molar-refractivity contribution in [2.24, 2.45) is 5.92 Å². The number of hydrogen-bond donors (Lipinski definition) is 4. The van der Waals surface area contributed by atoms with E-state index < -0.39 is 23.7 Å². The van der Waals surface area contributed by atoms with E-state index in [-0.39, 0.29) is 19.4 Å². The van der Waals surface area contributed by atoms with Crippen LogP contribution in [0, 0.1) is 5.92 Å². The van der Waals surface area contributed by atoms with Crippen molar-refractivity contribution in [1.82, 2.24) is 0 Å². The van der Waals surface area contributed by atoms with Crippen molar-refractivity contribution in [2.75, 3.05) is 6.61 Å². The Bertz CT molecular complexity index is 602. The van der Waals surface area contributed by atoms with Crippen LogP contribution >= 0.6 is 0 Å². The molecule has 130 valence electrons. The summed E-state index contributed by atoms with van der Waals surface area (Å²) in [7, 11) is 0. The fourth-order valence-electron chi connectivity index (χ4n) is 2.99. The van der Waals surface area contributed by atoms with Gasteiger partial charge in [-0.25, -0.2) is 0 Å². The smallest absolute Gasteiger partial charge is 0.0968 e. The van der Waals surface area contributed by atoms with Crippen molar-refractivity contribution in [3.8, 4) is 0 Å². The van der Waals surface area contributed by atoms with Gasteiger partial charge in [0, 0.05) is 25.4 Å². The molecule has 4 unspecified atom stereocenters. The van der Waals surface area contributed by atoms with Crippen molar-refractivity contribution >= 4 is 0 Å². The molecule has 2 aromatic rings. The van der Waals surface area contributed by atoms with Gasteiger partial charge in [0.05, 0.1) is 17.8 Å². The van der Waals surface area contributed by atoms with Crippen LogP contribution in [0.4, 0.5) is 0 Å². The maximum absolute atomic E-state index is 11.1. The lowest BCUT2D eigenvalue weighted by atomic mass is 9.77. The molecule has 0 bridgehead atoms. The van der Waals surface area contributed by atoms with E-state index >= 15 is 0 Å². The third kappa shape index (κ3) is 4.42. The Kier molecular flexibility index (Phi) is 6.52. The molecule has 0 saturated heterocycles. The molecule has 0 radical (unpaired) electrons. The van der Waals surface area contributed by atoms with Crippen LogP contribution in [0.25, 0.3) is 0 Å². The number of benzene rings is 2. The standard InChI is InChI=1S/C20H26O4/c1-15(14-21)20(24,17-10-6-3-7-11-17)13-18(22)12-19(23)16-8-4-2-5-9-16/h2-11,15,18-19,21-24H,12-14H2,1H3. The Hall–Kier alpha value is -1.72. The number of rotatable bonds is 8. The zero-order valence-corrected chi connectivity index (χ0v) is 13.9. The molecule has 4 heteroatoms. The van der Waals surface area contributed by atoms with Crippen molar-refractivity contribution in [3.05, 3.63) is 71.8 Å². The van der Waals surface area contributed by atoms with Gasteiger partial charge in [0.15, 0.2) is 0 Å². The van der Waals surface area contributed by atoms with E-state index in [1.165, 1.54) is 0 Å². The third-order valence-corrected chi connectivity index (χ3v) is 4.59. The minimum Gasteiger partial charge on any atom is -0.396 e. The highest BCUT2D eigenvalue weighted by molar-refractivity contribution is 5.24. The van der Waals surface area contributed by atoms with Gasteiger partial charge in [-0.3, -0.25) is 0 Å². The summed E-state index contributed by atoms with van der Waals surface area (Å²) in [4.78, 5) is 0. The molecule has 0 amide bonds. The third-order valence-electron chi connectivity index (χ3n) is 4.59. The molecule has 0 fully saturated rings. The summed E-state index contributed by atoms with van der Waals surface area (Å²) in [6.45, 7) is 1.55. The second-order valence-electron chi connectivity index (χ2n) is 6.39. The highest BCUT2D eigenvalue weighted by Crippen LogP contribution is 2.35. The molecule has 4 atom stereocenters. The van der Waals surface area contributed by atoms with E-state index in [0.717, 1.165) is 5.56 Å². The summed E-state index contributed by atoms with van der Waals surface area (Å²) in [5.74, 6) is -0.441. The summed E-state index contributed by atoms with van der Waals surface area (Å²) in [6.07, 6.45) is -1.54. The lowest BCUT2D eigenvalue weighted by Crippen LogP contribution is -2.39.